The Kier molecular flexibility index (Phi) is 7.23. The quantitative estimate of drug-likeness (QED) is 0.518. The number of hydrogen-bond acceptors (Lipinski definition) is 5. The molecule has 0 fully saturated rings. The van der Waals surface area contributed by atoms with Crippen LogP contribution in [0.3, 0.4) is 0 Å². The van der Waals surface area contributed by atoms with Gasteiger partial charge in [-0.3, -0.25) is 9.59 Å². The van der Waals surface area contributed by atoms with Crippen molar-refractivity contribution in [3.05, 3.63) is 35.7 Å². The zero-order valence-corrected chi connectivity index (χ0v) is 15.5. The molecule has 0 aliphatic rings. The zero-order valence-electron chi connectivity index (χ0n) is 10.7. The van der Waals surface area contributed by atoms with Gasteiger partial charge in [0.05, 0.1) is 14.2 Å². The molecule has 0 saturated carbocycles. The van der Waals surface area contributed by atoms with Gasteiger partial charge in [-0.1, -0.05) is 11.3 Å². The molecular formula is C12H7Br2F3O3S2. The molecule has 0 amide bonds. The Labute approximate surface area is 148 Å². The average molecular weight is 480 g/mol. The van der Waals surface area contributed by atoms with Crippen molar-refractivity contribution in [3.8, 4) is 5.06 Å². The zero-order chi connectivity index (χ0) is 16.9. The highest BCUT2D eigenvalue weighted by Crippen LogP contribution is 2.37. The van der Waals surface area contributed by atoms with E-state index in [1.165, 1.54) is 17.4 Å². The molecular weight excluding hydrogens is 473 g/mol. The summed E-state index contributed by atoms with van der Waals surface area (Å²) in [6.07, 6.45) is -3.39. The molecule has 0 aliphatic carbocycles. The second-order valence-electron chi connectivity index (χ2n) is 3.64. The molecule has 2 aromatic rings. The molecule has 3 nitrogen and oxygen atoms in total. The Hall–Kier alpha value is -0.710. The summed E-state index contributed by atoms with van der Waals surface area (Å²) in [5.74, 6) is 0. The number of thiophene rings is 2. The Morgan fingerprint density at radius 2 is 1.82 bits per heavy atom. The standard InChI is InChI=1S/C6H2BrF3O2S.C6H5BrOS/c7-4-1-3(2-11)13-5(4)12-6(8,9)10;1-4-5(7)3-9-6(4)2-8/h1-2H;2-3H,1H3. The van der Waals surface area contributed by atoms with Crippen LogP contribution in [-0.4, -0.2) is 18.9 Å². The summed E-state index contributed by atoms with van der Waals surface area (Å²) in [4.78, 5) is 21.4. The van der Waals surface area contributed by atoms with Crippen LogP contribution in [0.1, 0.15) is 24.9 Å². The van der Waals surface area contributed by atoms with Gasteiger partial charge in [0.2, 0.25) is 0 Å². The molecule has 0 aliphatic heterocycles. The van der Waals surface area contributed by atoms with Crippen molar-refractivity contribution in [1.29, 1.82) is 0 Å². The van der Waals surface area contributed by atoms with Crippen molar-refractivity contribution in [2.24, 2.45) is 0 Å². The lowest BCUT2D eigenvalue weighted by Crippen LogP contribution is -2.16. The SMILES string of the molecule is Cc1c(Br)csc1C=O.O=Cc1cc(Br)c(OC(F)(F)F)s1. The van der Waals surface area contributed by atoms with Gasteiger partial charge in [0.25, 0.3) is 0 Å². The third kappa shape index (κ3) is 5.82. The third-order valence-electron chi connectivity index (χ3n) is 2.12. The largest absolute Gasteiger partial charge is 0.573 e. The normalized spacial score (nSPS) is 10.6. The third-order valence-corrected chi connectivity index (χ3v) is 6.05. The molecule has 10 heteroatoms. The van der Waals surface area contributed by atoms with Crippen molar-refractivity contribution >= 4 is 67.1 Å². The van der Waals surface area contributed by atoms with Crippen molar-refractivity contribution in [2.75, 3.05) is 0 Å². The first-order valence-electron chi connectivity index (χ1n) is 5.37. The number of alkyl halides is 3. The van der Waals surface area contributed by atoms with Crippen LogP contribution in [0.2, 0.25) is 0 Å². The first-order chi connectivity index (χ1) is 10.2. The monoisotopic (exact) mass is 478 g/mol. The van der Waals surface area contributed by atoms with E-state index in [2.05, 4.69) is 36.6 Å². The lowest BCUT2D eigenvalue weighted by atomic mass is 10.3. The summed E-state index contributed by atoms with van der Waals surface area (Å²) >= 11 is 8.24. The maximum absolute atomic E-state index is 11.7. The summed E-state index contributed by atoms with van der Waals surface area (Å²) in [7, 11) is 0. The molecule has 0 radical (unpaired) electrons. The van der Waals surface area contributed by atoms with Gasteiger partial charge in [-0.05, 0) is 50.4 Å². The summed E-state index contributed by atoms with van der Waals surface area (Å²) in [6, 6.07) is 1.26. The molecule has 0 N–H and O–H groups in total. The van der Waals surface area contributed by atoms with Crippen molar-refractivity contribution in [3.63, 3.8) is 0 Å². The first kappa shape index (κ1) is 19.3. The smallest absolute Gasteiger partial charge is 0.395 e. The molecule has 0 spiro atoms. The van der Waals surface area contributed by atoms with Crippen LogP contribution in [0.4, 0.5) is 13.2 Å². The average Bonchev–Trinajstić information content (AvgIpc) is 2.93. The van der Waals surface area contributed by atoms with E-state index in [1.54, 1.807) is 0 Å². The molecule has 120 valence electrons. The fourth-order valence-corrected chi connectivity index (χ4v) is 3.96. The highest BCUT2D eigenvalue weighted by molar-refractivity contribution is 9.11. The molecule has 2 rings (SSSR count). The van der Waals surface area contributed by atoms with Gasteiger partial charge in [-0.25, -0.2) is 0 Å². The highest BCUT2D eigenvalue weighted by Gasteiger charge is 2.32. The maximum Gasteiger partial charge on any atom is 0.573 e. The predicted octanol–water partition coefficient (Wildman–Crippen LogP) is 5.85. The van der Waals surface area contributed by atoms with Crippen molar-refractivity contribution in [2.45, 2.75) is 13.3 Å². The van der Waals surface area contributed by atoms with E-state index >= 15 is 0 Å². The molecule has 0 aromatic carbocycles. The van der Waals surface area contributed by atoms with E-state index in [1.807, 2.05) is 12.3 Å². The number of hydrogen-bond donors (Lipinski definition) is 0. The van der Waals surface area contributed by atoms with E-state index in [-0.39, 0.29) is 14.4 Å². The van der Waals surface area contributed by atoms with E-state index < -0.39 is 6.36 Å². The highest BCUT2D eigenvalue weighted by atomic mass is 79.9. The second-order valence-corrected chi connectivity index (χ2v) is 7.31. The lowest BCUT2D eigenvalue weighted by molar-refractivity contribution is -0.273. The van der Waals surface area contributed by atoms with Gasteiger partial charge in [-0.15, -0.1) is 24.5 Å². The van der Waals surface area contributed by atoms with Gasteiger partial charge in [0.1, 0.15) is 0 Å². The van der Waals surface area contributed by atoms with Crippen LogP contribution in [0.15, 0.2) is 20.4 Å². The summed E-state index contributed by atoms with van der Waals surface area (Å²) in [5, 5.41) is 1.55. The van der Waals surface area contributed by atoms with Crippen molar-refractivity contribution < 1.29 is 27.5 Å². The van der Waals surface area contributed by atoms with E-state index in [9.17, 15) is 22.8 Å². The van der Waals surface area contributed by atoms with Crippen LogP contribution < -0.4 is 4.74 Å². The first-order valence-corrected chi connectivity index (χ1v) is 8.65. The number of rotatable bonds is 3. The van der Waals surface area contributed by atoms with E-state index in [0.717, 1.165) is 21.2 Å². The summed E-state index contributed by atoms with van der Waals surface area (Å²) in [5.41, 5.74) is 1.04. The van der Waals surface area contributed by atoms with Crippen LogP contribution >= 0.6 is 54.5 Å². The van der Waals surface area contributed by atoms with Gasteiger partial charge in [-0.2, -0.15) is 0 Å². The van der Waals surface area contributed by atoms with Crippen molar-refractivity contribution in [1.82, 2.24) is 0 Å². The minimum absolute atomic E-state index is 0.122. The number of halogens is 5. The van der Waals surface area contributed by atoms with Crippen LogP contribution in [0.25, 0.3) is 0 Å². The Morgan fingerprint density at radius 1 is 1.18 bits per heavy atom. The van der Waals surface area contributed by atoms with Gasteiger partial charge in [0, 0.05) is 9.85 Å². The van der Waals surface area contributed by atoms with Gasteiger partial charge in [0.15, 0.2) is 17.6 Å². The number of carbonyl (C=O) groups is 2. The van der Waals surface area contributed by atoms with E-state index in [0.29, 0.717) is 17.6 Å². The van der Waals surface area contributed by atoms with Gasteiger partial charge >= 0.3 is 6.36 Å². The summed E-state index contributed by atoms with van der Waals surface area (Å²) in [6.45, 7) is 1.92. The Balaban J connectivity index is 0.000000235. The minimum atomic E-state index is -4.73. The maximum atomic E-state index is 11.7. The van der Waals surface area contributed by atoms with E-state index in [4.69, 9.17) is 0 Å². The Morgan fingerprint density at radius 3 is 2.14 bits per heavy atom. The van der Waals surface area contributed by atoms with Crippen LogP contribution in [0.5, 0.6) is 5.06 Å². The fraction of sp³-hybridized carbons (Fsp3) is 0.167. The molecule has 2 heterocycles. The van der Waals surface area contributed by atoms with Crippen LogP contribution in [-0.2, 0) is 0 Å². The number of carbonyl (C=O) groups excluding carboxylic acids is 2. The molecule has 22 heavy (non-hydrogen) atoms. The predicted molar refractivity (Wildman–Crippen MR) is 86.2 cm³/mol. The molecule has 0 saturated heterocycles. The molecule has 0 bridgehead atoms. The topological polar surface area (TPSA) is 43.4 Å². The van der Waals surface area contributed by atoms with Crippen LogP contribution in [0, 0.1) is 6.92 Å². The minimum Gasteiger partial charge on any atom is -0.395 e. The number of ether oxygens (including phenoxy) is 1. The number of aldehydes is 2. The fourth-order valence-electron chi connectivity index (χ4n) is 1.13. The molecule has 2 aromatic heterocycles. The van der Waals surface area contributed by atoms with Gasteiger partial charge < -0.3 is 4.74 Å². The molecule has 0 atom stereocenters. The Bertz CT molecular complexity index is 665. The second kappa shape index (κ2) is 8.23. The molecule has 0 unspecified atom stereocenters. The summed E-state index contributed by atoms with van der Waals surface area (Å²) < 4.78 is 39.9. The lowest BCUT2D eigenvalue weighted by Gasteiger charge is -2.05.